The smallest absolute Gasteiger partial charge is 0.259 e. The number of carbonyl (C=O) groups excluding carboxylic acids is 2. The van der Waals surface area contributed by atoms with Crippen LogP contribution in [0.5, 0.6) is 11.5 Å². The van der Waals surface area contributed by atoms with Gasteiger partial charge in [-0.2, -0.15) is 0 Å². The van der Waals surface area contributed by atoms with E-state index in [1.807, 2.05) is 36.4 Å². The van der Waals surface area contributed by atoms with Gasteiger partial charge < -0.3 is 14.8 Å². The number of para-hydroxylation sites is 1. The number of ether oxygens (including phenoxy) is 2. The summed E-state index contributed by atoms with van der Waals surface area (Å²) in [5.74, 6) is 0.813. The summed E-state index contributed by atoms with van der Waals surface area (Å²) >= 11 is 0. The number of carbonyl (C=O) groups is 2. The van der Waals surface area contributed by atoms with Gasteiger partial charge in [0.2, 0.25) is 5.91 Å². The van der Waals surface area contributed by atoms with Crippen molar-refractivity contribution in [1.82, 2.24) is 0 Å². The van der Waals surface area contributed by atoms with Crippen molar-refractivity contribution in [3.8, 4) is 11.5 Å². The third-order valence-electron chi connectivity index (χ3n) is 5.13. The first-order chi connectivity index (χ1) is 14.6. The van der Waals surface area contributed by atoms with E-state index in [4.69, 9.17) is 9.47 Å². The summed E-state index contributed by atoms with van der Waals surface area (Å²) < 4.78 is 10.5. The minimum Gasteiger partial charge on any atom is -0.497 e. The zero-order valence-corrected chi connectivity index (χ0v) is 16.8. The molecule has 0 fully saturated rings. The summed E-state index contributed by atoms with van der Waals surface area (Å²) in [6.45, 7) is 0. The highest BCUT2D eigenvalue weighted by molar-refractivity contribution is 6.07. The van der Waals surface area contributed by atoms with E-state index in [2.05, 4.69) is 5.32 Å². The molecule has 0 radical (unpaired) electrons. The number of benzene rings is 3. The second-order valence-corrected chi connectivity index (χ2v) is 6.93. The molecule has 0 spiro atoms. The summed E-state index contributed by atoms with van der Waals surface area (Å²) in [6, 6.07) is 20.2. The molecule has 0 bridgehead atoms. The lowest BCUT2D eigenvalue weighted by molar-refractivity contribution is -0.118. The van der Waals surface area contributed by atoms with Crippen molar-refractivity contribution in [2.24, 2.45) is 0 Å². The van der Waals surface area contributed by atoms with Crippen molar-refractivity contribution in [3.05, 3.63) is 77.9 Å². The van der Waals surface area contributed by atoms with Crippen LogP contribution in [0.15, 0.2) is 66.7 Å². The molecule has 30 heavy (non-hydrogen) atoms. The van der Waals surface area contributed by atoms with Gasteiger partial charge in [0, 0.05) is 23.9 Å². The molecule has 6 nitrogen and oxygen atoms in total. The molecule has 0 atom stereocenters. The third kappa shape index (κ3) is 3.72. The number of anilines is 3. The number of rotatable bonds is 5. The Morgan fingerprint density at radius 2 is 1.70 bits per heavy atom. The number of hydrogen-bond acceptors (Lipinski definition) is 4. The second-order valence-electron chi connectivity index (χ2n) is 6.93. The molecule has 6 heteroatoms. The lowest BCUT2D eigenvalue weighted by atomic mass is 10.0. The minimum atomic E-state index is -0.290. The van der Waals surface area contributed by atoms with E-state index in [1.54, 1.807) is 42.3 Å². The lowest BCUT2D eigenvalue weighted by Crippen LogP contribution is -2.30. The molecule has 0 unspecified atom stereocenters. The number of aryl methyl sites for hydroxylation is 1. The van der Waals surface area contributed by atoms with E-state index in [0.717, 1.165) is 23.4 Å². The fourth-order valence-electron chi connectivity index (χ4n) is 3.59. The maximum Gasteiger partial charge on any atom is 0.259 e. The third-order valence-corrected chi connectivity index (χ3v) is 5.13. The van der Waals surface area contributed by atoms with Crippen molar-refractivity contribution < 1.29 is 19.1 Å². The second kappa shape index (κ2) is 8.29. The number of hydrogen-bond donors (Lipinski definition) is 1. The van der Waals surface area contributed by atoms with Crippen LogP contribution in [-0.2, 0) is 11.2 Å². The van der Waals surface area contributed by atoms with E-state index in [1.165, 1.54) is 7.11 Å². The highest BCUT2D eigenvalue weighted by Crippen LogP contribution is 2.34. The van der Waals surface area contributed by atoms with Gasteiger partial charge in [-0.25, -0.2) is 0 Å². The molecular formula is C24H22N2O4. The van der Waals surface area contributed by atoms with Crippen LogP contribution in [0.25, 0.3) is 0 Å². The number of fused-ring (bicyclic) bond motifs is 1. The number of methoxy groups -OCH3 is 2. The molecule has 1 N–H and O–H groups in total. The number of amides is 2. The Balaban J connectivity index is 1.55. The summed E-state index contributed by atoms with van der Waals surface area (Å²) in [7, 11) is 3.06. The molecule has 0 aromatic heterocycles. The van der Waals surface area contributed by atoms with E-state index < -0.39 is 0 Å². The normalized spacial score (nSPS) is 12.9. The Kier molecular flexibility index (Phi) is 5.39. The summed E-state index contributed by atoms with van der Waals surface area (Å²) in [5, 5.41) is 2.87. The largest absolute Gasteiger partial charge is 0.497 e. The van der Waals surface area contributed by atoms with Crippen molar-refractivity contribution in [3.63, 3.8) is 0 Å². The zero-order valence-electron chi connectivity index (χ0n) is 16.8. The van der Waals surface area contributed by atoms with Gasteiger partial charge in [-0.05, 0) is 54.4 Å². The Bertz CT molecular complexity index is 1090. The fraction of sp³-hybridized carbons (Fsp3) is 0.167. The molecular weight excluding hydrogens is 380 g/mol. The van der Waals surface area contributed by atoms with Gasteiger partial charge in [0.1, 0.15) is 11.5 Å². The first-order valence-corrected chi connectivity index (χ1v) is 9.65. The van der Waals surface area contributed by atoms with Crippen molar-refractivity contribution in [1.29, 1.82) is 0 Å². The van der Waals surface area contributed by atoms with E-state index >= 15 is 0 Å². The van der Waals surface area contributed by atoms with Crippen LogP contribution in [0.1, 0.15) is 22.3 Å². The van der Waals surface area contributed by atoms with Crippen LogP contribution in [0.4, 0.5) is 17.1 Å². The predicted octanol–water partition coefficient (Wildman–Crippen LogP) is 4.57. The molecule has 0 saturated carbocycles. The summed E-state index contributed by atoms with van der Waals surface area (Å²) in [4.78, 5) is 27.0. The predicted molar refractivity (Wildman–Crippen MR) is 116 cm³/mol. The summed E-state index contributed by atoms with van der Waals surface area (Å²) in [5.41, 5.74) is 3.86. The number of nitrogens with one attached hydrogen (secondary N) is 1. The van der Waals surface area contributed by atoms with Crippen LogP contribution >= 0.6 is 0 Å². The molecule has 3 aromatic rings. The molecule has 3 aromatic carbocycles. The topological polar surface area (TPSA) is 67.9 Å². The molecule has 0 aliphatic carbocycles. The monoisotopic (exact) mass is 402 g/mol. The molecule has 0 saturated heterocycles. The van der Waals surface area contributed by atoms with Crippen LogP contribution in [0, 0.1) is 0 Å². The quantitative estimate of drug-likeness (QED) is 0.679. The Labute approximate surface area is 175 Å². The Hall–Kier alpha value is -3.80. The first-order valence-electron chi connectivity index (χ1n) is 9.65. The van der Waals surface area contributed by atoms with Crippen LogP contribution in [0.2, 0.25) is 0 Å². The highest BCUT2D eigenvalue weighted by Gasteiger charge is 2.25. The average Bonchev–Trinajstić information content (AvgIpc) is 2.79. The highest BCUT2D eigenvalue weighted by atomic mass is 16.5. The van der Waals surface area contributed by atoms with Gasteiger partial charge in [0.05, 0.1) is 25.5 Å². The van der Waals surface area contributed by atoms with Crippen molar-refractivity contribution >= 4 is 28.9 Å². The van der Waals surface area contributed by atoms with Gasteiger partial charge in [-0.15, -0.1) is 0 Å². The van der Waals surface area contributed by atoms with Gasteiger partial charge in [0.15, 0.2) is 0 Å². The molecule has 1 heterocycles. The van der Waals surface area contributed by atoms with Crippen LogP contribution in [-0.4, -0.2) is 26.0 Å². The van der Waals surface area contributed by atoms with E-state index in [0.29, 0.717) is 29.2 Å². The van der Waals surface area contributed by atoms with Gasteiger partial charge >= 0.3 is 0 Å². The van der Waals surface area contributed by atoms with Crippen molar-refractivity contribution in [2.75, 3.05) is 24.4 Å². The lowest BCUT2D eigenvalue weighted by Gasteiger charge is -2.29. The standard InChI is InChI=1S/C24H22N2O4/c1-29-19-12-13-20(22(15-19)30-2)24(28)25-17-8-10-18(11-9-17)26-21-6-4-3-5-16(21)7-14-23(26)27/h3-6,8-13,15H,7,14H2,1-2H3,(H,25,28). The summed E-state index contributed by atoms with van der Waals surface area (Å²) in [6.07, 6.45) is 1.23. The molecule has 152 valence electrons. The molecule has 4 rings (SSSR count). The molecule has 1 aliphatic rings. The first kappa shape index (κ1) is 19.5. The minimum absolute atomic E-state index is 0.0634. The molecule has 2 amide bonds. The number of nitrogens with zero attached hydrogens (tertiary/aromatic N) is 1. The van der Waals surface area contributed by atoms with E-state index in [9.17, 15) is 9.59 Å². The van der Waals surface area contributed by atoms with E-state index in [-0.39, 0.29) is 11.8 Å². The van der Waals surface area contributed by atoms with Crippen LogP contribution < -0.4 is 19.7 Å². The van der Waals surface area contributed by atoms with Gasteiger partial charge in [-0.3, -0.25) is 14.5 Å². The Morgan fingerprint density at radius 3 is 2.43 bits per heavy atom. The van der Waals surface area contributed by atoms with Crippen molar-refractivity contribution in [2.45, 2.75) is 12.8 Å². The van der Waals surface area contributed by atoms with Gasteiger partial charge in [0.25, 0.3) is 5.91 Å². The average molecular weight is 402 g/mol. The fourth-order valence-corrected chi connectivity index (χ4v) is 3.59. The Morgan fingerprint density at radius 1 is 0.933 bits per heavy atom. The SMILES string of the molecule is COc1ccc(C(=O)Nc2ccc(N3C(=O)CCc4ccccc43)cc2)c(OC)c1. The zero-order chi connectivity index (χ0) is 21.1. The maximum absolute atomic E-state index is 12.7. The van der Waals surface area contributed by atoms with Gasteiger partial charge in [-0.1, -0.05) is 18.2 Å². The molecule has 1 aliphatic heterocycles. The maximum atomic E-state index is 12.7. The van der Waals surface area contributed by atoms with Crippen LogP contribution in [0.3, 0.4) is 0 Å².